The topological polar surface area (TPSA) is 69.2 Å². The third-order valence-corrected chi connectivity index (χ3v) is 3.44. The summed E-state index contributed by atoms with van der Waals surface area (Å²) in [6.45, 7) is 0. The molecule has 1 aromatic carbocycles. The van der Waals surface area contributed by atoms with Crippen molar-refractivity contribution in [3.05, 3.63) is 95.8 Å². The minimum atomic E-state index is -1.45. The molecule has 1 unspecified atom stereocenters. The van der Waals surface area contributed by atoms with Crippen LogP contribution in [0.4, 0.5) is 4.39 Å². The average Bonchev–Trinajstić information content (AvgIpc) is 2.67. The number of halogens is 1. The van der Waals surface area contributed by atoms with E-state index in [1.54, 1.807) is 30.3 Å². The Hall–Kier alpha value is -3.41. The number of ketones is 1. The average molecular weight is 336 g/mol. The van der Waals surface area contributed by atoms with Crippen LogP contribution in [-0.4, -0.2) is 21.7 Å². The van der Waals surface area contributed by atoms with Crippen LogP contribution in [0.3, 0.4) is 0 Å². The molecule has 25 heavy (non-hydrogen) atoms. The fourth-order valence-electron chi connectivity index (χ4n) is 2.24. The maximum atomic E-state index is 14.2. The Balaban J connectivity index is 1.96. The number of carbonyl (C=O) groups is 2. The van der Waals surface area contributed by atoms with Gasteiger partial charge < -0.3 is 4.74 Å². The van der Waals surface area contributed by atoms with Crippen molar-refractivity contribution in [2.75, 3.05) is 0 Å². The molecule has 0 N–H and O–H groups in total. The summed E-state index contributed by atoms with van der Waals surface area (Å²) >= 11 is 0. The molecular weight excluding hydrogens is 323 g/mol. The zero-order valence-electron chi connectivity index (χ0n) is 13.0. The lowest BCUT2D eigenvalue weighted by Gasteiger charge is -2.17. The molecule has 124 valence electrons. The molecule has 0 radical (unpaired) electrons. The van der Waals surface area contributed by atoms with Crippen molar-refractivity contribution in [1.29, 1.82) is 0 Å². The summed E-state index contributed by atoms with van der Waals surface area (Å²) in [7, 11) is 0. The highest BCUT2D eigenvalue weighted by molar-refractivity contribution is 6.00. The van der Waals surface area contributed by atoms with Crippen LogP contribution in [0.1, 0.15) is 32.6 Å². The molecule has 2 aromatic heterocycles. The molecule has 1 atom stereocenters. The van der Waals surface area contributed by atoms with Crippen LogP contribution in [-0.2, 0) is 4.74 Å². The van der Waals surface area contributed by atoms with Gasteiger partial charge in [-0.15, -0.1) is 0 Å². The molecule has 0 aliphatic heterocycles. The van der Waals surface area contributed by atoms with Gasteiger partial charge in [0.1, 0.15) is 17.2 Å². The monoisotopic (exact) mass is 336 g/mol. The van der Waals surface area contributed by atoms with E-state index < -0.39 is 23.7 Å². The van der Waals surface area contributed by atoms with Gasteiger partial charge in [0.05, 0.1) is 0 Å². The van der Waals surface area contributed by atoms with Crippen molar-refractivity contribution in [1.82, 2.24) is 9.97 Å². The van der Waals surface area contributed by atoms with E-state index in [1.807, 2.05) is 0 Å². The number of hydrogen-bond acceptors (Lipinski definition) is 5. The highest BCUT2D eigenvalue weighted by Gasteiger charge is 2.30. The molecule has 6 heteroatoms. The second kappa shape index (κ2) is 7.44. The van der Waals surface area contributed by atoms with Gasteiger partial charge in [0.2, 0.25) is 5.78 Å². The largest absolute Gasteiger partial charge is 0.444 e. The second-order valence-corrected chi connectivity index (χ2v) is 5.10. The molecule has 2 heterocycles. The predicted molar refractivity (Wildman–Crippen MR) is 87.4 cm³/mol. The van der Waals surface area contributed by atoms with E-state index in [2.05, 4.69) is 9.97 Å². The lowest BCUT2D eigenvalue weighted by Crippen LogP contribution is -2.22. The third-order valence-electron chi connectivity index (χ3n) is 3.44. The molecule has 5 nitrogen and oxygen atoms in total. The van der Waals surface area contributed by atoms with Gasteiger partial charge in [-0.3, -0.25) is 9.78 Å². The van der Waals surface area contributed by atoms with E-state index in [0.29, 0.717) is 0 Å². The predicted octanol–water partition coefficient (Wildman–Crippen LogP) is 3.40. The summed E-state index contributed by atoms with van der Waals surface area (Å²) in [4.78, 5) is 32.9. The molecule has 0 fully saturated rings. The molecule has 0 bridgehead atoms. The number of carbonyl (C=O) groups excluding carboxylic acids is 2. The van der Waals surface area contributed by atoms with Crippen LogP contribution >= 0.6 is 0 Å². The lowest BCUT2D eigenvalue weighted by atomic mass is 10.0. The van der Waals surface area contributed by atoms with Gasteiger partial charge in [-0.25, -0.2) is 14.2 Å². The van der Waals surface area contributed by atoms with Crippen molar-refractivity contribution in [3.63, 3.8) is 0 Å². The van der Waals surface area contributed by atoms with Crippen molar-refractivity contribution in [2.45, 2.75) is 6.10 Å². The van der Waals surface area contributed by atoms with Crippen molar-refractivity contribution >= 4 is 11.8 Å². The highest BCUT2D eigenvalue weighted by atomic mass is 19.1. The molecule has 0 amide bonds. The van der Waals surface area contributed by atoms with Crippen LogP contribution in [0.15, 0.2) is 73.1 Å². The number of hydrogen-bond donors (Lipinski definition) is 0. The maximum absolute atomic E-state index is 14.2. The molecule has 0 spiro atoms. The van der Waals surface area contributed by atoms with Gasteiger partial charge in [-0.1, -0.05) is 30.3 Å². The lowest BCUT2D eigenvalue weighted by molar-refractivity contribution is 0.0266. The highest BCUT2D eigenvalue weighted by Crippen LogP contribution is 2.25. The Morgan fingerprint density at radius 1 is 0.840 bits per heavy atom. The maximum Gasteiger partial charge on any atom is 0.357 e. The quantitative estimate of drug-likeness (QED) is 0.528. The van der Waals surface area contributed by atoms with Crippen LogP contribution < -0.4 is 0 Å². The van der Waals surface area contributed by atoms with E-state index in [1.165, 1.54) is 42.7 Å². The van der Waals surface area contributed by atoms with Crippen LogP contribution in [0.2, 0.25) is 0 Å². The van der Waals surface area contributed by atoms with E-state index in [-0.39, 0.29) is 17.0 Å². The second-order valence-electron chi connectivity index (χ2n) is 5.10. The minimum Gasteiger partial charge on any atom is -0.444 e. The van der Waals surface area contributed by atoms with Gasteiger partial charge in [0, 0.05) is 18.0 Å². The molecule has 0 saturated heterocycles. The smallest absolute Gasteiger partial charge is 0.357 e. The van der Waals surface area contributed by atoms with Crippen molar-refractivity contribution in [2.24, 2.45) is 0 Å². The molecule has 0 saturated carbocycles. The zero-order valence-corrected chi connectivity index (χ0v) is 13.0. The number of ether oxygens (including phenoxy) is 1. The van der Waals surface area contributed by atoms with Crippen molar-refractivity contribution < 1.29 is 18.7 Å². The number of pyridine rings is 2. The Kier molecular flexibility index (Phi) is 4.89. The first kappa shape index (κ1) is 16.4. The fourth-order valence-corrected chi connectivity index (χ4v) is 2.24. The van der Waals surface area contributed by atoms with E-state index in [9.17, 15) is 14.0 Å². The van der Waals surface area contributed by atoms with E-state index >= 15 is 0 Å². The Morgan fingerprint density at radius 2 is 1.44 bits per heavy atom. The first-order valence-electron chi connectivity index (χ1n) is 7.48. The summed E-state index contributed by atoms with van der Waals surface area (Å²) in [6, 6.07) is 15.1. The van der Waals surface area contributed by atoms with Crippen LogP contribution in [0, 0.1) is 5.82 Å². The molecule has 0 aliphatic rings. The molecular formula is C19H13FN2O3. The molecule has 3 aromatic rings. The number of Topliss-reactive ketones (excluding diaryl/α,β-unsaturated/α-hetero) is 1. The van der Waals surface area contributed by atoms with E-state index in [4.69, 9.17) is 4.74 Å². The van der Waals surface area contributed by atoms with Gasteiger partial charge in [0.15, 0.2) is 6.10 Å². The van der Waals surface area contributed by atoms with Gasteiger partial charge in [0.25, 0.3) is 0 Å². The van der Waals surface area contributed by atoms with Gasteiger partial charge >= 0.3 is 5.97 Å². The third kappa shape index (κ3) is 3.74. The first-order chi connectivity index (χ1) is 12.2. The summed E-state index contributed by atoms with van der Waals surface area (Å²) < 4.78 is 19.5. The number of nitrogens with zero attached hydrogens (tertiary/aromatic N) is 2. The van der Waals surface area contributed by atoms with Gasteiger partial charge in [-0.05, 0) is 30.3 Å². The number of rotatable bonds is 5. The zero-order chi connectivity index (χ0) is 17.6. The molecule has 0 aliphatic carbocycles. The number of aromatic nitrogens is 2. The number of esters is 1. The van der Waals surface area contributed by atoms with E-state index in [0.717, 1.165) is 0 Å². The fraction of sp³-hybridized carbons (Fsp3) is 0.0526. The first-order valence-corrected chi connectivity index (χ1v) is 7.48. The number of benzene rings is 1. The normalized spacial score (nSPS) is 11.6. The Bertz CT molecular complexity index is 885. The van der Waals surface area contributed by atoms with Crippen LogP contribution in [0.25, 0.3) is 0 Å². The molecule has 3 rings (SSSR count). The van der Waals surface area contributed by atoms with Crippen LogP contribution in [0.5, 0.6) is 0 Å². The summed E-state index contributed by atoms with van der Waals surface area (Å²) in [6.07, 6.45) is 1.41. The summed E-state index contributed by atoms with van der Waals surface area (Å²) in [5.41, 5.74) is 0.0599. The summed E-state index contributed by atoms with van der Waals surface area (Å²) in [5, 5.41) is 0. The Labute approximate surface area is 143 Å². The van der Waals surface area contributed by atoms with Gasteiger partial charge in [-0.2, -0.15) is 0 Å². The van der Waals surface area contributed by atoms with Crippen molar-refractivity contribution in [3.8, 4) is 0 Å². The standard InChI is InChI=1S/C19H13FN2O3/c20-14-8-2-1-7-13(14)18(17(23)15-9-3-5-11-21-15)25-19(24)16-10-4-6-12-22-16/h1-12,18H. The SMILES string of the molecule is O=C(OC(C(=O)c1ccccn1)c1ccccc1F)c1ccccn1. The summed E-state index contributed by atoms with van der Waals surface area (Å²) in [5.74, 6) is -2.08. The Morgan fingerprint density at radius 3 is 2.04 bits per heavy atom. The minimum absolute atomic E-state index is 0.0256.